The average Bonchev–Trinajstić information content (AvgIpc) is 3.01. The fraction of sp³-hybridized carbons (Fsp3) is 0.167. The third-order valence-electron chi connectivity index (χ3n) is 2.71. The number of rotatable bonds is 2. The molecule has 0 saturated heterocycles. The zero-order valence-corrected chi connectivity index (χ0v) is 11.6. The van der Waals surface area contributed by atoms with Crippen LogP contribution in [0, 0.1) is 18.3 Å². The Morgan fingerprint density at radius 3 is 3.10 bits per heavy atom. The number of fused-ring (bicyclic) bond motifs is 1. The molecule has 0 aliphatic heterocycles. The molecular weight excluding hydrogens is 276 g/mol. The highest BCUT2D eigenvalue weighted by molar-refractivity contribution is 7.18. The van der Waals surface area contributed by atoms with E-state index in [2.05, 4.69) is 20.4 Å². The summed E-state index contributed by atoms with van der Waals surface area (Å²) in [5.74, 6) is -0.0925. The molecule has 0 aliphatic carbocycles. The van der Waals surface area contributed by atoms with Crippen LogP contribution in [-0.2, 0) is 7.05 Å². The first-order valence-electron chi connectivity index (χ1n) is 5.78. The molecule has 7 nitrogen and oxygen atoms in total. The molecule has 8 heteroatoms. The van der Waals surface area contributed by atoms with Gasteiger partial charge in [0.1, 0.15) is 23.0 Å². The van der Waals surface area contributed by atoms with Crippen molar-refractivity contribution in [3.05, 3.63) is 28.5 Å². The summed E-state index contributed by atoms with van der Waals surface area (Å²) in [6, 6.07) is 3.72. The molecule has 3 aromatic rings. The van der Waals surface area contributed by atoms with Crippen molar-refractivity contribution in [1.82, 2.24) is 19.7 Å². The van der Waals surface area contributed by atoms with Crippen LogP contribution in [0.2, 0.25) is 0 Å². The lowest BCUT2D eigenvalue weighted by Gasteiger charge is -1.99. The van der Waals surface area contributed by atoms with E-state index in [9.17, 15) is 4.79 Å². The highest BCUT2D eigenvalue weighted by Gasteiger charge is 2.15. The van der Waals surface area contributed by atoms with Crippen LogP contribution in [0.25, 0.3) is 10.3 Å². The van der Waals surface area contributed by atoms with Gasteiger partial charge in [-0.3, -0.25) is 9.48 Å². The lowest BCUT2D eigenvalue weighted by molar-refractivity contribution is 0.102. The normalized spacial score (nSPS) is 10.7. The summed E-state index contributed by atoms with van der Waals surface area (Å²) in [5, 5.41) is 16.5. The maximum Gasteiger partial charge on any atom is 0.273 e. The van der Waals surface area contributed by atoms with Crippen LogP contribution in [0.15, 0.2) is 12.3 Å². The molecule has 2 N–H and O–H groups in total. The van der Waals surface area contributed by atoms with E-state index in [1.54, 1.807) is 19.3 Å². The minimum absolute atomic E-state index is 0.252. The number of amides is 1. The number of hydrogen-bond acceptors (Lipinski definition) is 5. The second-order valence-electron chi connectivity index (χ2n) is 4.26. The molecule has 3 aromatic heterocycles. The van der Waals surface area contributed by atoms with Crippen molar-refractivity contribution in [3.63, 3.8) is 0 Å². The summed E-state index contributed by atoms with van der Waals surface area (Å²) in [5.41, 5.74) is 1.41. The van der Waals surface area contributed by atoms with Gasteiger partial charge in [-0.15, -0.1) is 11.3 Å². The van der Waals surface area contributed by atoms with Crippen LogP contribution in [-0.4, -0.2) is 25.7 Å². The molecule has 100 valence electrons. The maximum atomic E-state index is 12.1. The summed E-state index contributed by atoms with van der Waals surface area (Å²) in [6.07, 6.45) is 1.55. The van der Waals surface area contributed by atoms with Gasteiger partial charge in [-0.05, 0) is 13.0 Å². The van der Waals surface area contributed by atoms with Crippen LogP contribution in [0.1, 0.15) is 21.1 Å². The van der Waals surface area contributed by atoms with Crippen LogP contribution in [0.5, 0.6) is 0 Å². The zero-order valence-electron chi connectivity index (χ0n) is 10.8. The maximum absolute atomic E-state index is 12.1. The van der Waals surface area contributed by atoms with E-state index in [1.165, 1.54) is 16.0 Å². The predicted molar refractivity (Wildman–Crippen MR) is 74.6 cm³/mol. The number of carbonyl (C=O) groups is 1. The van der Waals surface area contributed by atoms with E-state index >= 15 is 0 Å². The second-order valence-corrected chi connectivity index (χ2v) is 5.49. The Kier molecular flexibility index (Phi) is 2.76. The van der Waals surface area contributed by atoms with E-state index in [-0.39, 0.29) is 11.7 Å². The first kappa shape index (κ1) is 12.4. The topological polar surface area (TPSA) is 99.4 Å². The standard InChI is InChI=1S/C12H10N6OS/c1-6-14-11-9(20-6)3-8(15-11)12(19)16-10-7(4-13)5-18(2)17-10/h3,5,15H,1-2H3,(H,16,17,19). The van der Waals surface area contributed by atoms with Gasteiger partial charge in [0, 0.05) is 13.2 Å². The zero-order chi connectivity index (χ0) is 14.3. The van der Waals surface area contributed by atoms with Gasteiger partial charge in [0.05, 0.1) is 9.71 Å². The number of aromatic amines is 1. The number of aryl methyl sites for hydroxylation is 2. The molecule has 0 aromatic carbocycles. The molecule has 0 spiro atoms. The number of anilines is 1. The van der Waals surface area contributed by atoms with Crippen molar-refractivity contribution >= 4 is 33.4 Å². The number of nitriles is 1. The van der Waals surface area contributed by atoms with Crippen molar-refractivity contribution in [2.45, 2.75) is 6.92 Å². The van der Waals surface area contributed by atoms with Gasteiger partial charge in [0.15, 0.2) is 5.82 Å². The highest BCUT2D eigenvalue weighted by atomic mass is 32.1. The number of aromatic nitrogens is 4. The molecule has 3 rings (SSSR count). The molecule has 0 bridgehead atoms. The summed E-state index contributed by atoms with van der Waals surface area (Å²) in [4.78, 5) is 19.3. The molecule has 3 heterocycles. The lowest BCUT2D eigenvalue weighted by atomic mass is 10.3. The van der Waals surface area contributed by atoms with Gasteiger partial charge in [-0.25, -0.2) is 4.98 Å². The van der Waals surface area contributed by atoms with Crippen molar-refractivity contribution in [2.24, 2.45) is 7.05 Å². The van der Waals surface area contributed by atoms with Gasteiger partial charge >= 0.3 is 0 Å². The molecule has 1 amide bonds. The van der Waals surface area contributed by atoms with Gasteiger partial charge < -0.3 is 10.3 Å². The van der Waals surface area contributed by atoms with Crippen LogP contribution in [0.3, 0.4) is 0 Å². The summed E-state index contributed by atoms with van der Waals surface area (Å²) in [6.45, 7) is 1.91. The number of nitrogens with zero attached hydrogens (tertiary/aromatic N) is 4. The monoisotopic (exact) mass is 286 g/mol. The quantitative estimate of drug-likeness (QED) is 0.750. The first-order valence-corrected chi connectivity index (χ1v) is 6.59. The van der Waals surface area contributed by atoms with E-state index in [4.69, 9.17) is 5.26 Å². The fourth-order valence-corrected chi connectivity index (χ4v) is 2.71. The van der Waals surface area contributed by atoms with Crippen LogP contribution in [0.4, 0.5) is 5.82 Å². The third-order valence-corrected chi connectivity index (χ3v) is 3.63. The van der Waals surface area contributed by atoms with Gasteiger partial charge in [0.2, 0.25) is 0 Å². The van der Waals surface area contributed by atoms with E-state index < -0.39 is 0 Å². The number of carbonyl (C=O) groups excluding carboxylic acids is 1. The Morgan fingerprint density at radius 1 is 1.60 bits per heavy atom. The third kappa shape index (κ3) is 2.04. The summed E-state index contributed by atoms with van der Waals surface area (Å²) in [7, 11) is 1.69. The Balaban J connectivity index is 1.88. The van der Waals surface area contributed by atoms with Crippen LogP contribution >= 0.6 is 11.3 Å². The van der Waals surface area contributed by atoms with Gasteiger partial charge in [0.25, 0.3) is 5.91 Å². The number of thiazole rings is 1. The number of H-pyrrole nitrogens is 1. The molecule has 0 aliphatic rings. The second kappa shape index (κ2) is 4.47. The Hall–Kier alpha value is -2.66. The van der Waals surface area contributed by atoms with E-state index in [0.717, 1.165) is 9.71 Å². The highest BCUT2D eigenvalue weighted by Crippen LogP contribution is 2.22. The Morgan fingerprint density at radius 2 is 2.40 bits per heavy atom. The van der Waals surface area contributed by atoms with E-state index in [1.807, 2.05) is 13.0 Å². The Bertz CT molecular complexity index is 818. The molecule has 0 unspecified atom stereocenters. The van der Waals surface area contributed by atoms with Crippen molar-refractivity contribution in [3.8, 4) is 6.07 Å². The fourth-order valence-electron chi connectivity index (χ4n) is 1.88. The lowest BCUT2D eigenvalue weighted by Crippen LogP contribution is -2.13. The smallest absolute Gasteiger partial charge is 0.273 e. The molecule has 0 fully saturated rings. The van der Waals surface area contributed by atoms with Crippen molar-refractivity contribution < 1.29 is 4.79 Å². The predicted octanol–water partition coefficient (Wildman–Crippen LogP) is 1.79. The number of nitrogens with one attached hydrogen (secondary N) is 2. The number of hydrogen-bond donors (Lipinski definition) is 2. The summed E-state index contributed by atoms with van der Waals surface area (Å²) >= 11 is 1.51. The SMILES string of the molecule is Cc1nc2[nH]c(C(=O)Nc3nn(C)cc3C#N)cc2s1. The first-order chi connectivity index (χ1) is 9.56. The molecular formula is C12H10N6OS. The van der Waals surface area contributed by atoms with Crippen molar-refractivity contribution in [1.29, 1.82) is 5.26 Å². The molecule has 0 radical (unpaired) electrons. The van der Waals surface area contributed by atoms with Crippen LogP contribution < -0.4 is 5.32 Å². The molecule has 0 atom stereocenters. The Labute approximate surface area is 117 Å². The minimum atomic E-state index is -0.344. The summed E-state index contributed by atoms with van der Waals surface area (Å²) < 4.78 is 2.40. The molecule has 20 heavy (non-hydrogen) atoms. The largest absolute Gasteiger partial charge is 0.334 e. The van der Waals surface area contributed by atoms with Gasteiger partial charge in [-0.1, -0.05) is 0 Å². The average molecular weight is 286 g/mol. The molecule has 0 saturated carbocycles. The van der Waals surface area contributed by atoms with E-state index in [0.29, 0.717) is 16.9 Å². The minimum Gasteiger partial charge on any atom is -0.334 e. The van der Waals surface area contributed by atoms with Gasteiger partial charge in [-0.2, -0.15) is 10.4 Å². The van der Waals surface area contributed by atoms with Crippen molar-refractivity contribution in [2.75, 3.05) is 5.32 Å².